The number of fused-ring (bicyclic) bond motifs is 1. The molecular weight excluding hydrogens is 366 g/mol. The van der Waals surface area contributed by atoms with Gasteiger partial charge in [-0.05, 0) is 6.07 Å². The molecule has 0 aliphatic rings. The summed E-state index contributed by atoms with van der Waals surface area (Å²) in [6.45, 7) is 2.08. The van der Waals surface area contributed by atoms with Gasteiger partial charge >= 0.3 is 0 Å². The molecule has 0 atom stereocenters. The van der Waals surface area contributed by atoms with Crippen LogP contribution in [0, 0.1) is 0 Å². The van der Waals surface area contributed by atoms with Gasteiger partial charge in [0.2, 0.25) is 0 Å². The fourth-order valence-electron chi connectivity index (χ4n) is 2.88. The predicted molar refractivity (Wildman–Crippen MR) is 108 cm³/mol. The Hall–Kier alpha value is -2.81. The molecule has 0 amide bonds. The normalized spacial score (nSPS) is 11.8. The van der Waals surface area contributed by atoms with Crippen LogP contribution in [-0.4, -0.2) is 62.4 Å². The highest BCUT2D eigenvalue weighted by molar-refractivity contribution is 6.30. The van der Waals surface area contributed by atoms with Gasteiger partial charge in [0.15, 0.2) is 11.6 Å². The molecular formula is C17H24ClN9. The molecule has 3 heterocycles. The molecule has 27 heavy (non-hydrogen) atoms. The highest BCUT2D eigenvalue weighted by Gasteiger charge is 2.10. The van der Waals surface area contributed by atoms with Gasteiger partial charge in [0.05, 0.1) is 23.2 Å². The average molecular weight is 390 g/mol. The van der Waals surface area contributed by atoms with Crippen molar-refractivity contribution in [2.45, 2.75) is 6.54 Å². The maximum Gasteiger partial charge on any atom is 0.193 e. The summed E-state index contributed by atoms with van der Waals surface area (Å²) in [5, 5.41) is 12.5. The topological polar surface area (TPSA) is 88.2 Å². The molecule has 144 valence electrons. The molecule has 0 aromatic carbocycles. The van der Waals surface area contributed by atoms with Crippen LogP contribution in [0.15, 0.2) is 29.8 Å². The fourth-order valence-corrected chi connectivity index (χ4v) is 3.16. The van der Waals surface area contributed by atoms with E-state index in [0.29, 0.717) is 19.6 Å². The summed E-state index contributed by atoms with van der Waals surface area (Å²) in [7, 11) is 7.61. The Balaban J connectivity index is 1.53. The first-order valence-electron chi connectivity index (χ1n) is 8.58. The molecule has 0 aliphatic heterocycles. The Labute approximate surface area is 163 Å². The lowest BCUT2D eigenvalue weighted by molar-refractivity contribution is 0.463. The quantitative estimate of drug-likeness (QED) is 0.377. The van der Waals surface area contributed by atoms with E-state index in [1.165, 1.54) is 6.33 Å². The first-order valence-corrected chi connectivity index (χ1v) is 8.96. The molecule has 0 unspecified atom stereocenters. The summed E-state index contributed by atoms with van der Waals surface area (Å²) in [5.41, 5.74) is 1.92. The summed E-state index contributed by atoms with van der Waals surface area (Å²) in [4.78, 5) is 14.9. The second-order valence-corrected chi connectivity index (χ2v) is 6.68. The van der Waals surface area contributed by atoms with Crippen molar-refractivity contribution < 1.29 is 0 Å². The van der Waals surface area contributed by atoms with Crippen molar-refractivity contribution in [3.63, 3.8) is 0 Å². The molecule has 0 saturated heterocycles. The van der Waals surface area contributed by atoms with E-state index in [4.69, 9.17) is 11.6 Å². The Morgan fingerprint density at radius 1 is 1.30 bits per heavy atom. The summed E-state index contributed by atoms with van der Waals surface area (Å²) in [6, 6.07) is 1.96. The number of anilines is 1. The second-order valence-electron chi connectivity index (χ2n) is 6.25. The van der Waals surface area contributed by atoms with Crippen molar-refractivity contribution in [1.29, 1.82) is 0 Å². The van der Waals surface area contributed by atoms with Crippen LogP contribution in [0.4, 0.5) is 5.82 Å². The molecule has 0 aliphatic carbocycles. The molecule has 0 saturated carbocycles. The summed E-state index contributed by atoms with van der Waals surface area (Å²) in [5.74, 6) is 1.58. The van der Waals surface area contributed by atoms with Crippen LogP contribution in [0.3, 0.4) is 0 Å². The van der Waals surface area contributed by atoms with E-state index in [2.05, 4.69) is 35.6 Å². The van der Waals surface area contributed by atoms with E-state index < -0.39 is 0 Å². The van der Waals surface area contributed by atoms with Gasteiger partial charge < -0.3 is 20.1 Å². The number of hydrogen-bond donors (Lipinski definition) is 2. The Morgan fingerprint density at radius 2 is 2.11 bits per heavy atom. The fraction of sp³-hybridized carbons (Fsp3) is 0.412. The maximum absolute atomic E-state index is 6.06. The van der Waals surface area contributed by atoms with Gasteiger partial charge in [-0.2, -0.15) is 5.10 Å². The van der Waals surface area contributed by atoms with Gasteiger partial charge in [-0.25, -0.2) is 9.97 Å². The predicted octanol–water partition coefficient (Wildman–Crippen LogP) is 1.47. The molecule has 9 nitrogen and oxygen atoms in total. The van der Waals surface area contributed by atoms with Gasteiger partial charge in [0, 0.05) is 53.2 Å². The number of guanidine groups is 1. The van der Waals surface area contributed by atoms with E-state index in [1.54, 1.807) is 17.9 Å². The second kappa shape index (κ2) is 8.26. The number of rotatable bonds is 6. The maximum atomic E-state index is 6.06. The van der Waals surface area contributed by atoms with E-state index in [9.17, 15) is 0 Å². The number of aromatic nitrogens is 5. The molecule has 3 aromatic heterocycles. The van der Waals surface area contributed by atoms with E-state index in [1.807, 2.05) is 38.0 Å². The van der Waals surface area contributed by atoms with Gasteiger partial charge in [0.1, 0.15) is 12.1 Å². The van der Waals surface area contributed by atoms with Crippen LogP contribution in [0.1, 0.15) is 5.69 Å². The van der Waals surface area contributed by atoms with Crippen molar-refractivity contribution in [3.8, 4) is 0 Å². The molecule has 0 radical (unpaired) electrons. The minimum atomic E-state index is 0.684. The number of hydrogen-bond acceptors (Lipinski definition) is 5. The summed E-state index contributed by atoms with van der Waals surface area (Å²) in [6.07, 6.45) is 5.20. The highest BCUT2D eigenvalue weighted by Crippen LogP contribution is 2.17. The molecule has 3 aromatic rings. The third kappa shape index (κ3) is 4.30. The summed E-state index contributed by atoms with van der Waals surface area (Å²) < 4.78 is 3.75. The minimum absolute atomic E-state index is 0.684. The lowest BCUT2D eigenvalue weighted by atomic mass is 10.4. The Bertz CT molecular complexity index is 943. The zero-order chi connectivity index (χ0) is 19.4. The van der Waals surface area contributed by atoms with Gasteiger partial charge in [-0.3, -0.25) is 9.67 Å². The van der Waals surface area contributed by atoms with Crippen molar-refractivity contribution in [3.05, 3.63) is 35.5 Å². The first-order chi connectivity index (χ1) is 13.0. The molecule has 2 N–H and O–H groups in total. The lowest BCUT2D eigenvalue weighted by Gasteiger charge is -2.22. The van der Waals surface area contributed by atoms with Crippen molar-refractivity contribution >= 4 is 34.4 Å². The van der Waals surface area contributed by atoms with Gasteiger partial charge in [0.25, 0.3) is 0 Å². The van der Waals surface area contributed by atoms with Crippen LogP contribution in [0.2, 0.25) is 5.02 Å². The SMILES string of the molecule is CN=C(NCCNc1ncnc2c1cnn2C)N(C)Cc1cc(Cl)cn1C. The molecule has 0 bridgehead atoms. The van der Waals surface area contributed by atoms with Crippen molar-refractivity contribution in [2.75, 3.05) is 32.5 Å². The standard InChI is InChI=1S/C17H24ClN9/c1-19-17(26(3)10-13-7-12(18)9-25(13)2)21-6-5-20-15-14-8-24-27(4)16(14)23-11-22-15/h7-9,11H,5-6,10H2,1-4H3,(H,19,21)(H,20,22,23). The van der Waals surface area contributed by atoms with Gasteiger partial charge in [-0.1, -0.05) is 11.6 Å². The number of aryl methyl sites for hydroxylation is 2. The largest absolute Gasteiger partial charge is 0.368 e. The number of halogens is 1. The van der Waals surface area contributed by atoms with Crippen LogP contribution in [0.5, 0.6) is 0 Å². The number of nitrogens with zero attached hydrogens (tertiary/aromatic N) is 7. The molecule has 10 heteroatoms. The first kappa shape index (κ1) is 19.0. The van der Waals surface area contributed by atoms with E-state index in [0.717, 1.165) is 33.5 Å². The average Bonchev–Trinajstić information content (AvgIpc) is 3.17. The molecule has 0 spiro atoms. The van der Waals surface area contributed by atoms with Crippen LogP contribution in [0.25, 0.3) is 11.0 Å². The van der Waals surface area contributed by atoms with Crippen molar-refractivity contribution in [2.24, 2.45) is 19.1 Å². The third-order valence-electron chi connectivity index (χ3n) is 4.28. The molecule has 3 rings (SSSR count). The van der Waals surface area contributed by atoms with Crippen molar-refractivity contribution in [1.82, 2.24) is 34.5 Å². The lowest BCUT2D eigenvalue weighted by Crippen LogP contribution is -2.40. The van der Waals surface area contributed by atoms with Gasteiger partial charge in [-0.15, -0.1) is 0 Å². The highest BCUT2D eigenvalue weighted by atomic mass is 35.5. The van der Waals surface area contributed by atoms with Crippen LogP contribution >= 0.6 is 11.6 Å². The number of aliphatic imine (C=N–C) groups is 1. The van der Waals surface area contributed by atoms with Crippen LogP contribution < -0.4 is 10.6 Å². The third-order valence-corrected chi connectivity index (χ3v) is 4.48. The van der Waals surface area contributed by atoms with E-state index in [-0.39, 0.29) is 0 Å². The monoisotopic (exact) mass is 389 g/mol. The smallest absolute Gasteiger partial charge is 0.193 e. The zero-order valence-electron chi connectivity index (χ0n) is 15.9. The summed E-state index contributed by atoms with van der Waals surface area (Å²) >= 11 is 6.06. The molecule has 0 fully saturated rings. The number of nitrogens with one attached hydrogen (secondary N) is 2. The Kier molecular flexibility index (Phi) is 5.80. The minimum Gasteiger partial charge on any atom is -0.368 e. The zero-order valence-corrected chi connectivity index (χ0v) is 16.7. The van der Waals surface area contributed by atoms with Crippen LogP contribution in [-0.2, 0) is 20.6 Å². The van der Waals surface area contributed by atoms with E-state index >= 15 is 0 Å². The Morgan fingerprint density at radius 3 is 2.81 bits per heavy atom.